The third-order valence-corrected chi connectivity index (χ3v) is 3.68. The zero-order valence-corrected chi connectivity index (χ0v) is 11.7. The molecule has 0 aliphatic rings. The normalized spacial score (nSPS) is 10.6. The van der Waals surface area contributed by atoms with Crippen LogP contribution in [-0.4, -0.2) is 9.97 Å². The number of nitrogens with zero attached hydrogens (tertiary/aromatic N) is 1. The summed E-state index contributed by atoms with van der Waals surface area (Å²) in [6.07, 6.45) is 0. The Morgan fingerprint density at radius 1 is 1.39 bits per heavy atom. The molecule has 0 spiro atoms. The van der Waals surface area contributed by atoms with E-state index in [0.717, 1.165) is 14.9 Å². The van der Waals surface area contributed by atoms with Gasteiger partial charge in [0.1, 0.15) is 5.82 Å². The van der Waals surface area contributed by atoms with Gasteiger partial charge in [-0.2, -0.15) is 0 Å². The van der Waals surface area contributed by atoms with Crippen molar-refractivity contribution in [2.45, 2.75) is 16.6 Å². The molecule has 0 aliphatic carbocycles. The number of anilines is 1. The average Bonchev–Trinajstić information content (AvgIpc) is 2.27. The van der Waals surface area contributed by atoms with Gasteiger partial charge in [0.15, 0.2) is 5.16 Å². The third kappa shape index (κ3) is 3.12. The Labute approximate surface area is 116 Å². The van der Waals surface area contributed by atoms with Gasteiger partial charge < -0.3 is 16.5 Å². The second-order valence-corrected chi connectivity index (χ2v) is 5.48. The molecule has 5 nitrogen and oxygen atoms in total. The predicted molar refractivity (Wildman–Crippen MR) is 75.4 cm³/mol. The van der Waals surface area contributed by atoms with E-state index in [1.54, 1.807) is 0 Å². The molecule has 2 rings (SSSR count). The number of aromatic amines is 1. The van der Waals surface area contributed by atoms with Crippen molar-refractivity contribution in [1.29, 1.82) is 0 Å². The van der Waals surface area contributed by atoms with Gasteiger partial charge >= 0.3 is 0 Å². The van der Waals surface area contributed by atoms with Crippen LogP contribution in [0.15, 0.2) is 43.6 Å². The van der Waals surface area contributed by atoms with Gasteiger partial charge in [-0.25, -0.2) is 4.98 Å². The first kappa shape index (κ1) is 13.1. The Morgan fingerprint density at radius 2 is 2.17 bits per heavy atom. The predicted octanol–water partition coefficient (Wildman–Crippen LogP) is 1.72. The summed E-state index contributed by atoms with van der Waals surface area (Å²) in [5, 5.41) is 0.452. The second kappa shape index (κ2) is 5.55. The zero-order chi connectivity index (χ0) is 13.1. The van der Waals surface area contributed by atoms with E-state index in [9.17, 15) is 4.79 Å². The first-order valence-electron chi connectivity index (χ1n) is 5.11. The Balaban J connectivity index is 2.38. The molecule has 1 aromatic carbocycles. The van der Waals surface area contributed by atoms with Crippen LogP contribution in [0, 0.1) is 0 Å². The van der Waals surface area contributed by atoms with E-state index in [1.807, 2.05) is 18.2 Å². The molecule has 1 aromatic heterocycles. The van der Waals surface area contributed by atoms with Gasteiger partial charge in [-0.15, -0.1) is 0 Å². The summed E-state index contributed by atoms with van der Waals surface area (Å²) in [6, 6.07) is 7.02. The topological polar surface area (TPSA) is 97.8 Å². The van der Waals surface area contributed by atoms with Crippen LogP contribution in [0.4, 0.5) is 5.82 Å². The van der Waals surface area contributed by atoms with E-state index in [0.29, 0.717) is 11.7 Å². The van der Waals surface area contributed by atoms with Crippen molar-refractivity contribution in [2.24, 2.45) is 5.73 Å². The molecule has 0 radical (unpaired) electrons. The second-order valence-electron chi connectivity index (χ2n) is 3.53. The van der Waals surface area contributed by atoms with E-state index in [-0.39, 0.29) is 11.4 Å². The maximum atomic E-state index is 11.3. The van der Waals surface area contributed by atoms with Crippen LogP contribution >= 0.6 is 27.7 Å². The van der Waals surface area contributed by atoms with Crippen LogP contribution < -0.4 is 17.0 Å². The summed E-state index contributed by atoms with van der Waals surface area (Å²) in [4.78, 5) is 18.9. The van der Waals surface area contributed by atoms with E-state index in [1.165, 1.54) is 17.8 Å². The lowest BCUT2D eigenvalue weighted by molar-refractivity contribution is 0.940. The summed E-state index contributed by atoms with van der Waals surface area (Å²) in [5.74, 6) is 0.200. The SMILES string of the molecule is NCc1ccc(Br)cc1Sc1nc(N)cc(=O)[nH]1. The zero-order valence-electron chi connectivity index (χ0n) is 9.31. The van der Waals surface area contributed by atoms with Crippen LogP contribution in [0.1, 0.15) is 5.56 Å². The summed E-state index contributed by atoms with van der Waals surface area (Å²) >= 11 is 4.72. The molecule has 7 heteroatoms. The number of hydrogen-bond donors (Lipinski definition) is 3. The van der Waals surface area contributed by atoms with E-state index in [4.69, 9.17) is 11.5 Å². The lowest BCUT2D eigenvalue weighted by Gasteiger charge is -2.07. The molecular formula is C11H11BrN4OS. The monoisotopic (exact) mass is 326 g/mol. The molecule has 94 valence electrons. The molecule has 0 saturated carbocycles. The molecule has 18 heavy (non-hydrogen) atoms. The molecule has 0 atom stereocenters. The molecule has 1 heterocycles. The number of benzene rings is 1. The van der Waals surface area contributed by atoms with Crippen LogP contribution in [-0.2, 0) is 6.54 Å². The number of hydrogen-bond acceptors (Lipinski definition) is 5. The number of H-pyrrole nitrogens is 1. The molecule has 0 saturated heterocycles. The quantitative estimate of drug-likeness (QED) is 0.746. The summed E-state index contributed by atoms with van der Waals surface area (Å²) in [5.41, 5.74) is 11.9. The molecule has 0 unspecified atom stereocenters. The molecule has 0 amide bonds. The lowest BCUT2D eigenvalue weighted by atomic mass is 10.2. The standard InChI is InChI=1S/C11H11BrN4OS/c12-7-2-1-6(5-13)8(3-7)18-11-15-9(14)4-10(17)16-11/h1-4H,5,13H2,(H3,14,15,16,17). The number of nitrogen functional groups attached to an aromatic ring is 1. The average molecular weight is 327 g/mol. The summed E-state index contributed by atoms with van der Waals surface area (Å²) < 4.78 is 0.938. The van der Waals surface area contributed by atoms with Crippen molar-refractivity contribution < 1.29 is 0 Å². The van der Waals surface area contributed by atoms with Crippen LogP contribution in [0.5, 0.6) is 0 Å². The lowest BCUT2D eigenvalue weighted by Crippen LogP contribution is -2.09. The number of rotatable bonds is 3. The van der Waals surface area contributed by atoms with E-state index < -0.39 is 0 Å². The fraction of sp³-hybridized carbons (Fsp3) is 0.0909. The molecule has 2 aromatic rings. The first-order chi connectivity index (χ1) is 8.58. The van der Waals surface area contributed by atoms with E-state index in [2.05, 4.69) is 25.9 Å². The first-order valence-corrected chi connectivity index (χ1v) is 6.72. The Morgan fingerprint density at radius 3 is 2.83 bits per heavy atom. The van der Waals surface area contributed by atoms with Gasteiger partial charge in [0, 0.05) is 22.0 Å². The molecule has 0 fully saturated rings. The largest absolute Gasteiger partial charge is 0.383 e. The van der Waals surface area contributed by atoms with Gasteiger partial charge in [-0.05, 0) is 17.7 Å². The Hall–Kier alpha value is -1.31. The minimum absolute atomic E-state index is 0.200. The van der Waals surface area contributed by atoms with Gasteiger partial charge in [-0.3, -0.25) is 4.79 Å². The Bertz CT molecular complexity index is 629. The molecule has 0 bridgehead atoms. The van der Waals surface area contributed by atoms with Crippen LogP contribution in [0.3, 0.4) is 0 Å². The van der Waals surface area contributed by atoms with Crippen molar-refractivity contribution in [1.82, 2.24) is 9.97 Å². The summed E-state index contributed by atoms with van der Waals surface area (Å²) in [6.45, 7) is 0.419. The highest BCUT2D eigenvalue weighted by Crippen LogP contribution is 2.30. The highest BCUT2D eigenvalue weighted by Gasteiger charge is 2.07. The molecule has 0 aliphatic heterocycles. The van der Waals surface area contributed by atoms with Crippen molar-refractivity contribution >= 4 is 33.5 Å². The third-order valence-electron chi connectivity index (χ3n) is 2.20. The highest BCUT2D eigenvalue weighted by molar-refractivity contribution is 9.10. The smallest absolute Gasteiger partial charge is 0.253 e. The highest BCUT2D eigenvalue weighted by atomic mass is 79.9. The van der Waals surface area contributed by atoms with Gasteiger partial charge in [0.25, 0.3) is 5.56 Å². The minimum atomic E-state index is -0.269. The maximum absolute atomic E-state index is 11.3. The number of nitrogens with two attached hydrogens (primary N) is 2. The Kier molecular flexibility index (Phi) is 4.05. The number of nitrogens with one attached hydrogen (secondary N) is 1. The van der Waals surface area contributed by atoms with Gasteiger partial charge in [-0.1, -0.05) is 33.8 Å². The number of halogens is 1. The molecular weight excluding hydrogens is 316 g/mol. The van der Waals surface area contributed by atoms with Crippen molar-refractivity contribution in [3.8, 4) is 0 Å². The fourth-order valence-corrected chi connectivity index (χ4v) is 2.89. The minimum Gasteiger partial charge on any atom is -0.383 e. The van der Waals surface area contributed by atoms with Crippen molar-refractivity contribution in [3.05, 3.63) is 44.7 Å². The number of aromatic nitrogens is 2. The van der Waals surface area contributed by atoms with Gasteiger partial charge in [0.2, 0.25) is 0 Å². The fourth-order valence-electron chi connectivity index (χ4n) is 1.40. The maximum Gasteiger partial charge on any atom is 0.253 e. The van der Waals surface area contributed by atoms with Gasteiger partial charge in [0.05, 0.1) is 0 Å². The molecule has 5 N–H and O–H groups in total. The van der Waals surface area contributed by atoms with Crippen LogP contribution in [0.25, 0.3) is 0 Å². The summed E-state index contributed by atoms with van der Waals surface area (Å²) in [7, 11) is 0. The van der Waals surface area contributed by atoms with Crippen molar-refractivity contribution in [3.63, 3.8) is 0 Å². The van der Waals surface area contributed by atoms with Crippen molar-refractivity contribution in [2.75, 3.05) is 5.73 Å². The van der Waals surface area contributed by atoms with Crippen LogP contribution in [0.2, 0.25) is 0 Å². The van der Waals surface area contributed by atoms with E-state index >= 15 is 0 Å².